The standard InChI is InChI=1S/C12H16F2N2/c1-9-7-16(5-4-15-9)8-10-6-11(13)2-3-12(10)14/h2-3,6,9,15H,4-5,7-8H2,1H3/t9-/m0/s1. The molecule has 1 N–H and O–H groups in total. The van der Waals surface area contributed by atoms with Crippen LogP contribution in [0.15, 0.2) is 18.2 Å². The lowest BCUT2D eigenvalue weighted by Crippen LogP contribution is -2.48. The Morgan fingerprint density at radius 2 is 2.25 bits per heavy atom. The molecule has 0 aliphatic carbocycles. The zero-order valence-corrected chi connectivity index (χ0v) is 9.34. The summed E-state index contributed by atoms with van der Waals surface area (Å²) in [5.74, 6) is -0.702. The number of hydrogen-bond acceptors (Lipinski definition) is 2. The first-order valence-electron chi connectivity index (χ1n) is 5.55. The molecule has 1 aromatic rings. The van der Waals surface area contributed by atoms with Crippen LogP contribution in [0.4, 0.5) is 8.78 Å². The summed E-state index contributed by atoms with van der Waals surface area (Å²) >= 11 is 0. The summed E-state index contributed by atoms with van der Waals surface area (Å²) in [7, 11) is 0. The minimum Gasteiger partial charge on any atom is -0.312 e. The fraction of sp³-hybridized carbons (Fsp3) is 0.500. The normalized spacial score (nSPS) is 22.3. The second-order valence-electron chi connectivity index (χ2n) is 4.33. The van der Waals surface area contributed by atoms with E-state index in [1.165, 1.54) is 12.1 Å². The lowest BCUT2D eigenvalue weighted by atomic mass is 10.1. The van der Waals surface area contributed by atoms with Gasteiger partial charge in [0, 0.05) is 37.8 Å². The van der Waals surface area contributed by atoms with Crippen LogP contribution in [0.25, 0.3) is 0 Å². The zero-order chi connectivity index (χ0) is 11.5. The van der Waals surface area contributed by atoms with E-state index in [0.29, 0.717) is 18.2 Å². The Hall–Kier alpha value is -1.00. The van der Waals surface area contributed by atoms with Crippen molar-refractivity contribution in [2.45, 2.75) is 19.5 Å². The summed E-state index contributed by atoms with van der Waals surface area (Å²) in [4.78, 5) is 2.14. The van der Waals surface area contributed by atoms with Gasteiger partial charge < -0.3 is 5.32 Å². The van der Waals surface area contributed by atoms with Crippen molar-refractivity contribution in [2.75, 3.05) is 19.6 Å². The van der Waals surface area contributed by atoms with Gasteiger partial charge in [-0.25, -0.2) is 8.78 Å². The Bertz CT molecular complexity index is 368. The van der Waals surface area contributed by atoms with Crippen LogP contribution in [0.3, 0.4) is 0 Å². The third kappa shape index (κ3) is 2.77. The lowest BCUT2D eigenvalue weighted by Gasteiger charge is -2.31. The molecule has 1 fully saturated rings. The quantitative estimate of drug-likeness (QED) is 0.826. The van der Waals surface area contributed by atoms with E-state index < -0.39 is 0 Å². The van der Waals surface area contributed by atoms with E-state index in [-0.39, 0.29) is 11.6 Å². The molecule has 0 saturated carbocycles. The Morgan fingerprint density at radius 1 is 1.44 bits per heavy atom. The van der Waals surface area contributed by atoms with Gasteiger partial charge in [0.1, 0.15) is 11.6 Å². The molecule has 1 aromatic carbocycles. The van der Waals surface area contributed by atoms with E-state index in [4.69, 9.17) is 0 Å². The molecular weight excluding hydrogens is 210 g/mol. The fourth-order valence-electron chi connectivity index (χ4n) is 2.06. The van der Waals surface area contributed by atoms with Crippen LogP contribution in [-0.2, 0) is 6.54 Å². The fourth-order valence-corrected chi connectivity index (χ4v) is 2.06. The SMILES string of the molecule is C[C@H]1CN(Cc2cc(F)ccc2F)CCN1. The van der Waals surface area contributed by atoms with Crippen molar-refractivity contribution in [1.29, 1.82) is 0 Å². The van der Waals surface area contributed by atoms with Crippen molar-refractivity contribution in [1.82, 2.24) is 10.2 Å². The van der Waals surface area contributed by atoms with Gasteiger partial charge in [-0.2, -0.15) is 0 Å². The molecule has 0 radical (unpaired) electrons. The molecule has 0 bridgehead atoms. The summed E-state index contributed by atoms with van der Waals surface area (Å²) in [6.45, 7) is 5.22. The van der Waals surface area contributed by atoms with Crippen LogP contribution < -0.4 is 5.32 Å². The molecule has 4 heteroatoms. The number of piperazine rings is 1. The number of benzene rings is 1. The number of nitrogens with one attached hydrogen (secondary N) is 1. The molecule has 88 valence electrons. The van der Waals surface area contributed by atoms with Crippen molar-refractivity contribution in [3.63, 3.8) is 0 Å². The van der Waals surface area contributed by atoms with Crippen LogP contribution in [0.2, 0.25) is 0 Å². The minimum absolute atomic E-state index is 0.326. The summed E-state index contributed by atoms with van der Waals surface area (Å²) in [6.07, 6.45) is 0. The molecule has 1 atom stereocenters. The lowest BCUT2D eigenvalue weighted by molar-refractivity contribution is 0.197. The van der Waals surface area contributed by atoms with E-state index in [2.05, 4.69) is 17.1 Å². The van der Waals surface area contributed by atoms with Gasteiger partial charge in [0.15, 0.2) is 0 Å². The Kier molecular flexibility index (Phi) is 3.51. The van der Waals surface area contributed by atoms with E-state index in [0.717, 1.165) is 25.7 Å². The highest BCUT2D eigenvalue weighted by Gasteiger charge is 2.17. The third-order valence-corrected chi connectivity index (χ3v) is 2.85. The van der Waals surface area contributed by atoms with Crippen molar-refractivity contribution < 1.29 is 8.78 Å². The Balaban J connectivity index is 2.05. The van der Waals surface area contributed by atoms with Crippen LogP contribution in [0.5, 0.6) is 0 Å². The van der Waals surface area contributed by atoms with Crippen molar-refractivity contribution in [3.8, 4) is 0 Å². The van der Waals surface area contributed by atoms with Crippen molar-refractivity contribution in [3.05, 3.63) is 35.4 Å². The first-order valence-corrected chi connectivity index (χ1v) is 5.55. The highest BCUT2D eigenvalue weighted by molar-refractivity contribution is 5.18. The predicted octanol–water partition coefficient (Wildman–Crippen LogP) is 1.76. The zero-order valence-electron chi connectivity index (χ0n) is 9.34. The van der Waals surface area contributed by atoms with E-state index in [1.54, 1.807) is 0 Å². The smallest absolute Gasteiger partial charge is 0.127 e. The average molecular weight is 226 g/mol. The number of rotatable bonds is 2. The summed E-state index contributed by atoms with van der Waals surface area (Å²) in [5, 5.41) is 3.31. The molecule has 1 heterocycles. The molecule has 2 nitrogen and oxygen atoms in total. The van der Waals surface area contributed by atoms with Crippen LogP contribution in [0.1, 0.15) is 12.5 Å². The van der Waals surface area contributed by atoms with E-state index in [1.807, 2.05) is 0 Å². The topological polar surface area (TPSA) is 15.3 Å². The van der Waals surface area contributed by atoms with E-state index >= 15 is 0 Å². The maximum atomic E-state index is 13.4. The first-order chi connectivity index (χ1) is 7.65. The number of halogens is 2. The van der Waals surface area contributed by atoms with Crippen LogP contribution in [0, 0.1) is 11.6 Å². The van der Waals surface area contributed by atoms with Gasteiger partial charge in [-0.3, -0.25) is 4.90 Å². The maximum Gasteiger partial charge on any atom is 0.127 e. The second-order valence-corrected chi connectivity index (χ2v) is 4.33. The molecule has 0 amide bonds. The van der Waals surface area contributed by atoms with Gasteiger partial charge in [-0.05, 0) is 25.1 Å². The largest absolute Gasteiger partial charge is 0.312 e. The van der Waals surface area contributed by atoms with Gasteiger partial charge >= 0.3 is 0 Å². The first kappa shape index (κ1) is 11.5. The van der Waals surface area contributed by atoms with Crippen LogP contribution >= 0.6 is 0 Å². The molecule has 1 aliphatic rings. The highest BCUT2D eigenvalue weighted by Crippen LogP contribution is 2.13. The molecule has 0 unspecified atom stereocenters. The minimum atomic E-state index is -0.375. The Labute approximate surface area is 94.3 Å². The molecular formula is C12H16F2N2. The predicted molar refractivity (Wildman–Crippen MR) is 59.1 cm³/mol. The molecule has 1 saturated heterocycles. The monoisotopic (exact) mass is 226 g/mol. The van der Waals surface area contributed by atoms with Crippen molar-refractivity contribution in [2.24, 2.45) is 0 Å². The number of nitrogens with zero attached hydrogens (tertiary/aromatic N) is 1. The molecule has 0 spiro atoms. The molecule has 2 rings (SSSR count). The van der Waals surface area contributed by atoms with Gasteiger partial charge in [0.05, 0.1) is 0 Å². The maximum absolute atomic E-state index is 13.4. The summed E-state index contributed by atoms with van der Waals surface area (Å²) < 4.78 is 26.4. The van der Waals surface area contributed by atoms with Gasteiger partial charge in [-0.1, -0.05) is 0 Å². The number of hydrogen-bond donors (Lipinski definition) is 1. The molecule has 16 heavy (non-hydrogen) atoms. The summed E-state index contributed by atoms with van der Waals surface area (Å²) in [5.41, 5.74) is 0.439. The molecule has 0 aromatic heterocycles. The molecule has 1 aliphatic heterocycles. The van der Waals surface area contributed by atoms with E-state index in [9.17, 15) is 8.78 Å². The van der Waals surface area contributed by atoms with Gasteiger partial charge in [0.25, 0.3) is 0 Å². The van der Waals surface area contributed by atoms with Gasteiger partial charge in [-0.15, -0.1) is 0 Å². The van der Waals surface area contributed by atoms with Gasteiger partial charge in [0.2, 0.25) is 0 Å². The highest BCUT2D eigenvalue weighted by atomic mass is 19.1. The Morgan fingerprint density at radius 3 is 3.00 bits per heavy atom. The van der Waals surface area contributed by atoms with Crippen molar-refractivity contribution >= 4 is 0 Å². The third-order valence-electron chi connectivity index (χ3n) is 2.85. The van der Waals surface area contributed by atoms with Crippen LogP contribution in [-0.4, -0.2) is 30.6 Å². The second kappa shape index (κ2) is 4.89. The average Bonchev–Trinajstić information content (AvgIpc) is 2.24. The summed E-state index contributed by atoms with van der Waals surface area (Å²) in [6, 6.07) is 4.03.